The molecule has 4 aliphatic rings. The summed E-state index contributed by atoms with van der Waals surface area (Å²) in [6.07, 6.45) is 12.8. The largest absolute Gasteiger partial charge is 0.332 e. The van der Waals surface area contributed by atoms with E-state index in [0.29, 0.717) is 10.7 Å². The van der Waals surface area contributed by atoms with Crippen molar-refractivity contribution in [1.29, 1.82) is 0 Å². The predicted molar refractivity (Wildman–Crippen MR) is 83.1 cm³/mol. The van der Waals surface area contributed by atoms with Gasteiger partial charge < -0.3 is 4.57 Å². The molecule has 6 rings (SSSR count). The Morgan fingerprint density at radius 1 is 1.14 bits per heavy atom. The molecule has 3 nitrogen and oxygen atoms in total. The van der Waals surface area contributed by atoms with Gasteiger partial charge in [0.05, 0.1) is 0 Å². The molecule has 21 heavy (non-hydrogen) atoms. The number of fused-ring (bicyclic) bond motifs is 1. The molecule has 0 spiro atoms. The van der Waals surface area contributed by atoms with E-state index in [1.807, 2.05) is 6.20 Å². The van der Waals surface area contributed by atoms with Crippen molar-refractivity contribution in [1.82, 2.24) is 14.5 Å². The van der Waals surface area contributed by atoms with E-state index in [-0.39, 0.29) is 0 Å². The fourth-order valence-electron chi connectivity index (χ4n) is 5.92. The van der Waals surface area contributed by atoms with E-state index < -0.39 is 0 Å². The van der Waals surface area contributed by atoms with Gasteiger partial charge in [0.25, 0.3) is 0 Å². The first-order chi connectivity index (χ1) is 10.2. The molecule has 2 aromatic heterocycles. The van der Waals surface area contributed by atoms with Gasteiger partial charge in [-0.05, 0) is 79.4 Å². The zero-order valence-corrected chi connectivity index (χ0v) is 12.9. The highest BCUT2D eigenvalue weighted by atomic mass is 35.5. The molecular formula is C17H20ClN3. The Balaban J connectivity index is 1.52. The zero-order chi connectivity index (χ0) is 14.0. The molecule has 0 N–H and O–H groups in total. The number of aromatic nitrogens is 3. The third-order valence-electron chi connectivity index (χ3n) is 6.14. The summed E-state index contributed by atoms with van der Waals surface area (Å²) in [5, 5.41) is 1.46. The van der Waals surface area contributed by atoms with Crippen molar-refractivity contribution in [2.24, 2.45) is 23.2 Å². The smallest absolute Gasteiger partial charge is 0.224 e. The molecule has 2 aromatic rings. The van der Waals surface area contributed by atoms with E-state index in [4.69, 9.17) is 11.6 Å². The van der Waals surface area contributed by atoms with Crippen molar-refractivity contribution >= 4 is 22.6 Å². The highest BCUT2D eigenvalue weighted by Gasteiger charge is 2.50. The lowest BCUT2D eigenvalue weighted by molar-refractivity contribution is -0.0613. The van der Waals surface area contributed by atoms with Crippen LogP contribution in [-0.2, 0) is 6.54 Å². The molecule has 4 saturated carbocycles. The van der Waals surface area contributed by atoms with Crippen LogP contribution in [0.2, 0.25) is 5.28 Å². The van der Waals surface area contributed by atoms with Gasteiger partial charge in [-0.1, -0.05) is 0 Å². The monoisotopic (exact) mass is 301 g/mol. The lowest BCUT2D eigenvalue weighted by Gasteiger charge is -2.57. The van der Waals surface area contributed by atoms with Crippen molar-refractivity contribution in [3.05, 3.63) is 23.7 Å². The summed E-state index contributed by atoms with van der Waals surface area (Å²) in [7, 11) is 0. The molecule has 4 heteroatoms. The van der Waals surface area contributed by atoms with Gasteiger partial charge in [-0.25, -0.2) is 4.98 Å². The molecule has 0 unspecified atom stereocenters. The van der Waals surface area contributed by atoms with Gasteiger partial charge in [0.15, 0.2) is 0 Å². The van der Waals surface area contributed by atoms with Crippen LogP contribution in [0.15, 0.2) is 18.5 Å². The van der Waals surface area contributed by atoms with Crippen LogP contribution in [0, 0.1) is 23.2 Å². The molecule has 0 atom stereocenters. The summed E-state index contributed by atoms with van der Waals surface area (Å²) in [5.74, 6) is 2.99. The average Bonchev–Trinajstić information content (AvgIpc) is 2.79. The van der Waals surface area contributed by atoms with E-state index in [0.717, 1.165) is 35.3 Å². The summed E-state index contributed by atoms with van der Waals surface area (Å²) in [6.45, 7) is 1.12. The average molecular weight is 302 g/mol. The Morgan fingerprint density at radius 3 is 2.48 bits per heavy atom. The topological polar surface area (TPSA) is 30.7 Å². The molecule has 0 aromatic carbocycles. The minimum absolute atomic E-state index is 0.355. The van der Waals surface area contributed by atoms with Crippen LogP contribution < -0.4 is 0 Å². The summed E-state index contributed by atoms with van der Waals surface area (Å²) >= 11 is 5.99. The Hall–Kier alpha value is -1.09. The summed E-state index contributed by atoms with van der Waals surface area (Å²) < 4.78 is 2.33. The molecule has 2 heterocycles. The van der Waals surface area contributed by atoms with Crippen LogP contribution in [0.5, 0.6) is 0 Å². The van der Waals surface area contributed by atoms with Gasteiger partial charge in [-0.15, -0.1) is 0 Å². The fraction of sp³-hybridized carbons (Fsp3) is 0.647. The maximum Gasteiger partial charge on any atom is 0.224 e. The normalized spacial score (nSPS) is 37.5. The number of nitrogens with zero attached hydrogens (tertiary/aromatic N) is 3. The second-order valence-corrected chi connectivity index (χ2v) is 8.12. The number of rotatable bonds is 2. The van der Waals surface area contributed by atoms with Gasteiger partial charge in [-0.3, -0.25) is 0 Å². The number of hydrogen-bond acceptors (Lipinski definition) is 2. The molecule has 110 valence electrons. The van der Waals surface area contributed by atoms with Crippen LogP contribution in [0.4, 0.5) is 0 Å². The van der Waals surface area contributed by atoms with E-state index in [1.165, 1.54) is 38.5 Å². The van der Waals surface area contributed by atoms with Crippen LogP contribution in [0.25, 0.3) is 11.0 Å². The highest BCUT2D eigenvalue weighted by Crippen LogP contribution is 2.60. The molecule has 0 radical (unpaired) electrons. The zero-order valence-electron chi connectivity index (χ0n) is 12.1. The standard InChI is InChI=1S/C17H20ClN3/c18-16-19-9-14-1-2-21(15(14)20-16)10-17-6-11-3-12(7-17)5-13(4-11)8-17/h1-2,9,11-13H,3-8,10H2. The molecule has 4 fully saturated rings. The van der Waals surface area contributed by atoms with Gasteiger partial charge in [0, 0.05) is 24.3 Å². The van der Waals surface area contributed by atoms with Gasteiger partial charge in [0.2, 0.25) is 5.28 Å². The molecule has 0 aliphatic heterocycles. The van der Waals surface area contributed by atoms with E-state index in [9.17, 15) is 0 Å². The van der Waals surface area contributed by atoms with Crippen LogP contribution in [-0.4, -0.2) is 14.5 Å². The quantitative estimate of drug-likeness (QED) is 0.774. The van der Waals surface area contributed by atoms with Gasteiger partial charge in [-0.2, -0.15) is 4.98 Å². The van der Waals surface area contributed by atoms with Crippen LogP contribution in [0.3, 0.4) is 0 Å². The molecule has 0 amide bonds. The van der Waals surface area contributed by atoms with Crippen molar-refractivity contribution < 1.29 is 0 Å². The summed E-state index contributed by atoms with van der Waals surface area (Å²) in [6, 6.07) is 2.12. The van der Waals surface area contributed by atoms with E-state index in [2.05, 4.69) is 26.8 Å². The molecular weight excluding hydrogens is 282 g/mol. The maximum absolute atomic E-state index is 5.99. The van der Waals surface area contributed by atoms with E-state index >= 15 is 0 Å². The third kappa shape index (κ3) is 1.93. The van der Waals surface area contributed by atoms with Crippen molar-refractivity contribution in [2.45, 2.75) is 45.1 Å². The number of halogens is 1. The predicted octanol–water partition coefficient (Wildman–Crippen LogP) is 4.30. The minimum atomic E-state index is 0.355. The first-order valence-electron chi connectivity index (χ1n) is 8.17. The molecule has 4 aliphatic carbocycles. The fourth-order valence-corrected chi connectivity index (χ4v) is 6.05. The maximum atomic E-state index is 5.99. The Kier molecular flexibility index (Phi) is 2.50. The Morgan fingerprint density at radius 2 is 1.81 bits per heavy atom. The Bertz CT molecular complexity index is 670. The van der Waals surface area contributed by atoms with Crippen LogP contribution in [0.1, 0.15) is 38.5 Å². The SMILES string of the molecule is Clc1ncc2ccn(CC34CC5CC(CC(C5)C3)C4)c2n1. The van der Waals surface area contributed by atoms with Crippen molar-refractivity contribution in [2.75, 3.05) is 0 Å². The molecule has 0 saturated heterocycles. The van der Waals surface area contributed by atoms with Crippen molar-refractivity contribution in [3.8, 4) is 0 Å². The van der Waals surface area contributed by atoms with E-state index in [1.54, 1.807) is 0 Å². The van der Waals surface area contributed by atoms with Crippen LogP contribution >= 0.6 is 11.6 Å². The first-order valence-corrected chi connectivity index (χ1v) is 8.54. The Labute approximate surface area is 129 Å². The van der Waals surface area contributed by atoms with Gasteiger partial charge >= 0.3 is 0 Å². The van der Waals surface area contributed by atoms with Crippen molar-refractivity contribution in [3.63, 3.8) is 0 Å². The lowest BCUT2D eigenvalue weighted by Crippen LogP contribution is -2.47. The summed E-state index contributed by atoms with van der Waals surface area (Å²) in [4.78, 5) is 8.54. The first kappa shape index (κ1) is 12.5. The second kappa shape index (κ2) is 4.22. The summed E-state index contributed by atoms with van der Waals surface area (Å²) in [5.41, 5.74) is 1.53. The number of hydrogen-bond donors (Lipinski definition) is 0. The lowest BCUT2D eigenvalue weighted by atomic mass is 9.49. The third-order valence-corrected chi connectivity index (χ3v) is 6.33. The minimum Gasteiger partial charge on any atom is -0.332 e. The highest BCUT2D eigenvalue weighted by molar-refractivity contribution is 6.28. The molecule has 4 bridgehead atoms. The van der Waals surface area contributed by atoms with Gasteiger partial charge in [0.1, 0.15) is 5.65 Å². The second-order valence-electron chi connectivity index (χ2n) is 7.78.